The van der Waals surface area contributed by atoms with Crippen LogP contribution in [0.5, 0.6) is 5.75 Å². The van der Waals surface area contributed by atoms with Gasteiger partial charge in [0.05, 0.1) is 17.2 Å². The van der Waals surface area contributed by atoms with E-state index in [1.807, 2.05) is 24.3 Å². The summed E-state index contributed by atoms with van der Waals surface area (Å²) in [5, 5.41) is 5.62. The number of ether oxygens (including phenoxy) is 1. The summed E-state index contributed by atoms with van der Waals surface area (Å²) in [7, 11) is -2.22. The van der Waals surface area contributed by atoms with Crippen LogP contribution in [0.3, 0.4) is 0 Å². The molecule has 0 aliphatic heterocycles. The van der Waals surface area contributed by atoms with E-state index in [-0.39, 0.29) is 15.9 Å². The molecule has 194 valence electrons. The molecular weight excluding hydrogens is 518 g/mol. The highest BCUT2D eigenvalue weighted by Gasteiger charge is 2.21. The summed E-state index contributed by atoms with van der Waals surface area (Å²) < 4.78 is 32.8. The van der Waals surface area contributed by atoms with Crippen molar-refractivity contribution in [1.29, 1.82) is 0 Å². The number of anilines is 2. The Hall–Kier alpha value is -4.21. The Labute approximate surface area is 228 Å². The second-order valence-corrected chi connectivity index (χ2v) is 10.7. The second kappa shape index (κ2) is 12.4. The minimum absolute atomic E-state index is 0.0928. The van der Waals surface area contributed by atoms with Gasteiger partial charge < -0.3 is 10.1 Å². The van der Waals surface area contributed by atoms with E-state index in [0.717, 1.165) is 6.42 Å². The minimum atomic E-state index is -3.72. The van der Waals surface area contributed by atoms with Gasteiger partial charge >= 0.3 is 0 Å². The van der Waals surface area contributed by atoms with Gasteiger partial charge in [0.2, 0.25) is 0 Å². The molecule has 4 rings (SSSR count). The average Bonchev–Trinajstić information content (AvgIpc) is 2.94. The fourth-order valence-corrected chi connectivity index (χ4v) is 5.02. The van der Waals surface area contributed by atoms with Crippen molar-refractivity contribution in [3.63, 3.8) is 0 Å². The van der Waals surface area contributed by atoms with Crippen molar-refractivity contribution in [1.82, 2.24) is 5.32 Å². The highest BCUT2D eigenvalue weighted by molar-refractivity contribution is 7.92. The molecule has 9 heteroatoms. The van der Waals surface area contributed by atoms with Crippen molar-refractivity contribution in [2.75, 3.05) is 23.3 Å². The lowest BCUT2D eigenvalue weighted by Crippen LogP contribution is -2.34. The molecule has 2 N–H and O–H groups in total. The first-order valence-corrected chi connectivity index (χ1v) is 13.7. The van der Waals surface area contributed by atoms with Crippen LogP contribution in [-0.2, 0) is 16.4 Å². The molecule has 1 amide bonds. The highest BCUT2D eigenvalue weighted by Crippen LogP contribution is 2.23. The van der Waals surface area contributed by atoms with E-state index in [9.17, 15) is 13.2 Å². The summed E-state index contributed by atoms with van der Waals surface area (Å²) in [6.45, 7) is 0.534. The van der Waals surface area contributed by atoms with E-state index >= 15 is 0 Å². The van der Waals surface area contributed by atoms with Crippen LogP contribution in [0.25, 0.3) is 0 Å². The van der Waals surface area contributed by atoms with Crippen molar-refractivity contribution in [2.24, 2.45) is 0 Å². The monoisotopic (exact) mass is 545 g/mol. The predicted molar refractivity (Wildman–Crippen MR) is 154 cm³/mol. The molecule has 0 saturated carbocycles. The van der Waals surface area contributed by atoms with E-state index < -0.39 is 10.0 Å². The molecule has 7 nitrogen and oxygen atoms in total. The normalized spacial score (nSPS) is 10.9. The molecule has 4 aromatic carbocycles. The Kier molecular flexibility index (Phi) is 8.73. The SMILES string of the molecule is CN(c1ccccc1)S(=O)(=O)c1ccc(NC(=S)NC(=O)c2ccc(OCCc3ccccc3)cc2)cc1. The summed E-state index contributed by atoms with van der Waals surface area (Å²) in [6, 6.07) is 31.8. The van der Waals surface area contributed by atoms with Gasteiger partial charge in [-0.15, -0.1) is 0 Å². The molecule has 0 aromatic heterocycles. The van der Waals surface area contributed by atoms with Gasteiger partial charge in [-0.1, -0.05) is 48.5 Å². The van der Waals surface area contributed by atoms with Crippen LogP contribution in [0.2, 0.25) is 0 Å². The molecule has 0 aliphatic carbocycles. The Bertz CT molecular complexity index is 1480. The Morgan fingerprint density at radius 1 is 0.842 bits per heavy atom. The Morgan fingerprint density at radius 2 is 1.45 bits per heavy atom. The van der Waals surface area contributed by atoms with Crippen LogP contribution in [-0.4, -0.2) is 33.1 Å². The van der Waals surface area contributed by atoms with Crippen LogP contribution in [0, 0.1) is 0 Å². The highest BCUT2D eigenvalue weighted by atomic mass is 32.2. The van der Waals surface area contributed by atoms with Gasteiger partial charge in [-0.25, -0.2) is 8.42 Å². The first-order valence-electron chi connectivity index (χ1n) is 11.9. The maximum atomic E-state index is 12.9. The zero-order chi connectivity index (χ0) is 27.0. The van der Waals surface area contributed by atoms with Gasteiger partial charge in [-0.2, -0.15) is 0 Å². The number of nitrogens with zero attached hydrogens (tertiary/aromatic N) is 1. The molecule has 4 aromatic rings. The maximum Gasteiger partial charge on any atom is 0.264 e. The van der Waals surface area contributed by atoms with E-state index in [1.54, 1.807) is 60.7 Å². The molecule has 0 fully saturated rings. The predicted octanol–water partition coefficient (Wildman–Crippen LogP) is 5.26. The number of thiocarbonyl (C=S) groups is 1. The number of hydrogen-bond acceptors (Lipinski definition) is 5. The fourth-order valence-electron chi connectivity index (χ4n) is 3.62. The Morgan fingerprint density at radius 3 is 2.08 bits per heavy atom. The maximum absolute atomic E-state index is 12.9. The van der Waals surface area contributed by atoms with Crippen LogP contribution >= 0.6 is 12.2 Å². The number of nitrogens with one attached hydrogen (secondary N) is 2. The quantitative estimate of drug-likeness (QED) is 0.279. The third-order valence-electron chi connectivity index (χ3n) is 5.74. The molecule has 0 saturated heterocycles. The van der Waals surface area contributed by atoms with E-state index in [4.69, 9.17) is 17.0 Å². The summed E-state index contributed by atoms with van der Waals surface area (Å²) in [5.74, 6) is 0.299. The standard InChI is InChI=1S/C29H27N3O4S2/c1-32(25-10-6-3-7-11-25)38(34,35)27-18-14-24(15-19-27)30-29(37)31-28(33)23-12-16-26(17-13-23)36-21-20-22-8-4-2-5-9-22/h2-19H,20-21H2,1H3,(H2,30,31,33,37). The summed E-state index contributed by atoms with van der Waals surface area (Å²) in [5.41, 5.74) is 2.72. The third-order valence-corrected chi connectivity index (χ3v) is 7.74. The number of carbonyl (C=O) groups is 1. The molecule has 0 aliphatic rings. The fraction of sp³-hybridized carbons (Fsp3) is 0.103. The number of hydrogen-bond donors (Lipinski definition) is 2. The number of carbonyl (C=O) groups excluding carboxylic acids is 1. The number of rotatable bonds is 9. The van der Waals surface area contributed by atoms with Crippen LogP contribution in [0.1, 0.15) is 15.9 Å². The van der Waals surface area contributed by atoms with Crippen LogP contribution in [0.4, 0.5) is 11.4 Å². The zero-order valence-electron chi connectivity index (χ0n) is 20.7. The van der Waals surface area contributed by atoms with Gasteiger partial charge in [-0.3, -0.25) is 14.4 Å². The van der Waals surface area contributed by atoms with Crippen molar-refractivity contribution >= 4 is 44.6 Å². The number of sulfonamides is 1. The van der Waals surface area contributed by atoms with Gasteiger partial charge in [-0.05, 0) is 78.4 Å². The average molecular weight is 546 g/mol. The molecule has 0 radical (unpaired) electrons. The summed E-state index contributed by atoms with van der Waals surface area (Å²) >= 11 is 5.26. The molecule has 0 heterocycles. The van der Waals surface area contributed by atoms with Gasteiger partial charge in [0.25, 0.3) is 15.9 Å². The molecule has 0 atom stereocenters. The lowest BCUT2D eigenvalue weighted by atomic mass is 10.2. The number of benzene rings is 4. The van der Waals surface area contributed by atoms with Gasteiger partial charge in [0, 0.05) is 24.7 Å². The lowest BCUT2D eigenvalue weighted by Gasteiger charge is -2.19. The summed E-state index contributed by atoms with van der Waals surface area (Å²) in [4.78, 5) is 12.7. The molecule has 0 spiro atoms. The van der Waals surface area contributed by atoms with E-state index in [2.05, 4.69) is 22.8 Å². The van der Waals surface area contributed by atoms with Crippen molar-refractivity contribution in [3.05, 3.63) is 120 Å². The minimum Gasteiger partial charge on any atom is -0.493 e. The lowest BCUT2D eigenvalue weighted by molar-refractivity contribution is 0.0977. The molecule has 0 unspecified atom stereocenters. The van der Waals surface area contributed by atoms with Crippen LogP contribution < -0.4 is 19.7 Å². The van der Waals surface area contributed by atoms with Gasteiger partial charge in [0.1, 0.15) is 5.75 Å². The molecule has 0 bridgehead atoms. The van der Waals surface area contributed by atoms with Crippen molar-refractivity contribution < 1.29 is 17.9 Å². The largest absolute Gasteiger partial charge is 0.493 e. The molecule has 38 heavy (non-hydrogen) atoms. The van der Waals surface area contributed by atoms with Gasteiger partial charge in [0.15, 0.2) is 5.11 Å². The first kappa shape index (κ1) is 26.8. The van der Waals surface area contributed by atoms with E-state index in [0.29, 0.717) is 29.3 Å². The summed E-state index contributed by atoms with van der Waals surface area (Å²) in [6.07, 6.45) is 0.791. The second-order valence-electron chi connectivity index (χ2n) is 8.35. The third kappa shape index (κ3) is 6.96. The van der Waals surface area contributed by atoms with Crippen molar-refractivity contribution in [2.45, 2.75) is 11.3 Å². The smallest absolute Gasteiger partial charge is 0.264 e. The molecular formula is C29H27N3O4S2. The number of amides is 1. The number of para-hydroxylation sites is 1. The Balaban J connectivity index is 1.28. The van der Waals surface area contributed by atoms with E-state index in [1.165, 1.54) is 29.0 Å². The zero-order valence-corrected chi connectivity index (χ0v) is 22.3. The topological polar surface area (TPSA) is 87.7 Å². The van der Waals surface area contributed by atoms with Crippen LogP contribution in [0.15, 0.2) is 114 Å². The van der Waals surface area contributed by atoms with Crippen molar-refractivity contribution in [3.8, 4) is 5.75 Å². The first-order chi connectivity index (χ1) is 18.3.